The van der Waals surface area contributed by atoms with Crippen LogP contribution in [0.15, 0.2) is 53.9 Å². The van der Waals surface area contributed by atoms with E-state index in [4.69, 9.17) is 0 Å². The van der Waals surface area contributed by atoms with Gasteiger partial charge in [0, 0.05) is 30.6 Å². The number of aromatic nitrogens is 4. The minimum Gasteiger partial charge on any atom is -0.320 e. The van der Waals surface area contributed by atoms with Gasteiger partial charge in [0.2, 0.25) is 5.91 Å². The number of amides is 1. The molecule has 3 rings (SSSR count). The first-order valence-corrected chi connectivity index (χ1v) is 9.08. The normalized spacial score (nSPS) is 10.6. The van der Waals surface area contributed by atoms with Crippen LogP contribution in [-0.2, 0) is 11.3 Å². The summed E-state index contributed by atoms with van der Waals surface area (Å²) < 4.78 is 1.90. The third-order valence-corrected chi connectivity index (χ3v) is 4.65. The summed E-state index contributed by atoms with van der Waals surface area (Å²) in [5.74, 6) is 0.396. The fraction of sp³-hybridized carbons (Fsp3) is 0.176. The second kappa shape index (κ2) is 8.41. The number of hydrogen-bond donors (Lipinski definition) is 1. The third kappa shape index (κ3) is 4.29. The van der Waals surface area contributed by atoms with E-state index in [1.54, 1.807) is 24.5 Å². The Kier molecular flexibility index (Phi) is 5.77. The van der Waals surface area contributed by atoms with E-state index in [-0.39, 0.29) is 23.0 Å². The maximum atomic E-state index is 12.2. The number of nitro benzene ring substituents is 1. The molecule has 0 saturated heterocycles. The summed E-state index contributed by atoms with van der Waals surface area (Å²) in [6, 6.07) is 9.70. The van der Waals surface area contributed by atoms with Crippen molar-refractivity contribution < 1.29 is 9.72 Å². The zero-order chi connectivity index (χ0) is 19.2. The molecule has 2 aromatic heterocycles. The molecule has 10 heteroatoms. The van der Waals surface area contributed by atoms with E-state index >= 15 is 0 Å². The summed E-state index contributed by atoms with van der Waals surface area (Å²) in [7, 11) is 0. The lowest BCUT2D eigenvalue weighted by molar-refractivity contribution is -0.383. The van der Waals surface area contributed by atoms with Crippen LogP contribution in [0.1, 0.15) is 6.92 Å². The molecular weight excluding hydrogens is 368 g/mol. The Morgan fingerprint density at radius 3 is 2.67 bits per heavy atom. The van der Waals surface area contributed by atoms with Crippen molar-refractivity contribution in [2.45, 2.75) is 18.6 Å². The van der Waals surface area contributed by atoms with Crippen LogP contribution in [0, 0.1) is 10.1 Å². The zero-order valence-corrected chi connectivity index (χ0v) is 15.2. The lowest BCUT2D eigenvalue weighted by atomic mass is 10.2. The number of carbonyl (C=O) groups is 1. The molecule has 0 saturated carbocycles. The lowest BCUT2D eigenvalue weighted by Gasteiger charge is -2.08. The summed E-state index contributed by atoms with van der Waals surface area (Å²) in [6.45, 7) is 2.60. The quantitative estimate of drug-likeness (QED) is 0.378. The van der Waals surface area contributed by atoms with Crippen molar-refractivity contribution in [3.05, 3.63) is 58.9 Å². The molecule has 138 valence electrons. The number of pyridine rings is 1. The van der Waals surface area contributed by atoms with Crippen molar-refractivity contribution in [2.24, 2.45) is 0 Å². The Bertz CT molecular complexity index is 960. The maximum absolute atomic E-state index is 12.2. The van der Waals surface area contributed by atoms with E-state index in [0.717, 1.165) is 5.56 Å². The molecular formula is C17H16N6O3S. The van der Waals surface area contributed by atoms with E-state index in [0.29, 0.717) is 17.5 Å². The number of thioether (sulfide) groups is 1. The highest BCUT2D eigenvalue weighted by Gasteiger charge is 2.17. The van der Waals surface area contributed by atoms with Crippen LogP contribution < -0.4 is 5.32 Å². The van der Waals surface area contributed by atoms with Gasteiger partial charge in [0.15, 0.2) is 11.0 Å². The number of para-hydroxylation sites is 2. The predicted molar refractivity (Wildman–Crippen MR) is 101 cm³/mol. The van der Waals surface area contributed by atoms with Gasteiger partial charge in [0.25, 0.3) is 5.69 Å². The van der Waals surface area contributed by atoms with Gasteiger partial charge in [-0.15, -0.1) is 10.2 Å². The third-order valence-electron chi connectivity index (χ3n) is 3.68. The van der Waals surface area contributed by atoms with Gasteiger partial charge in [-0.2, -0.15) is 0 Å². The molecule has 0 aliphatic carbocycles. The van der Waals surface area contributed by atoms with Gasteiger partial charge < -0.3 is 9.88 Å². The molecule has 9 nitrogen and oxygen atoms in total. The molecule has 0 bridgehead atoms. The summed E-state index contributed by atoms with van der Waals surface area (Å²) in [6.07, 6.45) is 3.36. The predicted octanol–water partition coefficient (Wildman–Crippen LogP) is 3.00. The Balaban J connectivity index is 1.70. The smallest absolute Gasteiger partial charge is 0.292 e. The first-order chi connectivity index (χ1) is 13.1. The molecule has 3 aromatic rings. The molecule has 0 aliphatic heterocycles. The molecule has 1 amide bonds. The number of anilines is 1. The van der Waals surface area contributed by atoms with Crippen molar-refractivity contribution in [3.8, 4) is 11.4 Å². The van der Waals surface area contributed by atoms with Crippen molar-refractivity contribution in [2.75, 3.05) is 11.1 Å². The van der Waals surface area contributed by atoms with Gasteiger partial charge in [-0.25, -0.2) is 0 Å². The van der Waals surface area contributed by atoms with E-state index in [1.165, 1.54) is 23.9 Å². The van der Waals surface area contributed by atoms with E-state index in [2.05, 4.69) is 20.5 Å². The molecule has 0 fully saturated rings. The SMILES string of the molecule is CCn1c(SCC(=O)Nc2ccccc2[N+](=O)[O-])nnc1-c1ccncc1. The van der Waals surface area contributed by atoms with Crippen molar-refractivity contribution >= 4 is 29.0 Å². The van der Waals surface area contributed by atoms with Crippen molar-refractivity contribution in [1.29, 1.82) is 0 Å². The molecule has 0 aliphatic rings. The number of hydrogen-bond acceptors (Lipinski definition) is 7. The zero-order valence-electron chi connectivity index (χ0n) is 14.4. The van der Waals surface area contributed by atoms with Crippen molar-refractivity contribution in [1.82, 2.24) is 19.7 Å². The van der Waals surface area contributed by atoms with Crippen LogP contribution in [-0.4, -0.2) is 36.3 Å². The largest absolute Gasteiger partial charge is 0.320 e. The topological polar surface area (TPSA) is 116 Å². The first kappa shape index (κ1) is 18.5. The minimum absolute atomic E-state index is 0.0561. The molecule has 1 aromatic carbocycles. The maximum Gasteiger partial charge on any atom is 0.292 e. The average Bonchev–Trinajstić information content (AvgIpc) is 3.10. The van der Waals surface area contributed by atoms with Gasteiger partial charge in [-0.05, 0) is 25.1 Å². The fourth-order valence-corrected chi connectivity index (χ4v) is 3.25. The minimum atomic E-state index is -0.530. The Morgan fingerprint density at radius 2 is 1.96 bits per heavy atom. The fourth-order valence-electron chi connectivity index (χ4n) is 2.45. The van der Waals surface area contributed by atoms with E-state index in [1.807, 2.05) is 23.6 Å². The molecule has 0 radical (unpaired) electrons. The second-order valence-electron chi connectivity index (χ2n) is 5.40. The van der Waals surface area contributed by atoms with Crippen LogP contribution in [0.3, 0.4) is 0 Å². The van der Waals surface area contributed by atoms with Crippen LogP contribution in [0.2, 0.25) is 0 Å². The number of nitro groups is 1. The molecule has 1 N–H and O–H groups in total. The molecule has 0 atom stereocenters. The number of benzene rings is 1. The standard InChI is InChI=1S/C17H16N6O3S/c1-2-22-16(12-7-9-18-10-8-12)20-21-17(22)27-11-15(24)19-13-5-3-4-6-14(13)23(25)26/h3-10H,2,11H2,1H3,(H,19,24). The van der Waals surface area contributed by atoms with Gasteiger partial charge in [-0.1, -0.05) is 23.9 Å². The van der Waals surface area contributed by atoms with Gasteiger partial charge in [0.05, 0.1) is 10.7 Å². The monoisotopic (exact) mass is 384 g/mol. The highest BCUT2D eigenvalue weighted by molar-refractivity contribution is 7.99. The van der Waals surface area contributed by atoms with E-state index in [9.17, 15) is 14.9 Å². The molecule has 0 unspecified atom stereocenters. The Hall–Kier alpha value is -3.27. The highest BCUT2D eigenvalue weighted by atomic mass is 32.2. The van der Waals surface area contributed by atoms with E-state index < -0.39 is 4.92 Å². The van der Waals surface area contributed by atoms with Crippen LogP contribution in [0.25, 0.3) is 11.4 Å². The van der Waals surface area contributed by atoms with Gasteiger partial charge in [-0.3, -0.25) is 19.9 Å². The summed E-state index contributed by atoms with van der Waals surface area (Å²) >= 11 is 1.22. The summed E-state index contributed by atoms with van der Waals surface area (Å²) in [4.78, 5) is 26.7. The average molecular weight is 384 g/mol. The van der Waals surface area contributed by atoms with Crippen LogP contribution in [0.5, 0.6) is 0 Å². The Morgan fingerprint density at radius 1 is 1.22 bits per heavy atom. The van der Waals surface area contributed by atoms with Crippen LogP contribution in [0.4, 0.5) is 11.4 Å². The molecule has 2 heterocycles. The number of rotatable bonds is 7. The van der Waals surface area contributed by atoms with Gasteiger partial charge >= 0.3 is 0 Å². The Labute approximate surface area is 159 Å². The molecule has 0 spiro atoms. The number of nitrogens with one attached hydrogen (secondary N) is 1. The van der Waals surface area contributed by atoms with Gasteiger partial charge in [0.1, 0.15) is 5.69 Å². The van der Waals surface area contributed by atoms with Crippen LogP contribution >= 0.6 is 11.8 Å². The van der Waals surface area contributed by atoms with Crippen molar-refractivity contribution in [3.63, 3.8) is 0 Å². The summed E-state index contributed by atoms with van der Waals surface area (Å²) in [5, 5.41) is 22.6. The summed E-state index contributed by atoms with van der Waals surface area (Å²) in [5.41, 5.74) is 0.908. The number of nitrogens with zero attached hydrogens (tertiary/aromatic N) is 5. The highest BCUT2D eigenvalue weighted by Crippen LogP contribution is 2.25. The lowest BCUT2D eigenvalue weighted by Crippen LogP contribution is -2.15. The molecule has 27 heavy (non-hydrogen) atoms. The number of carbonyl (C=O) groups excluding carboxylic acids is 1. The second-order valence-corrected chi connectivity index (χ2v) is 6.34. The first-order valence-electron chi connectivity index (χ1n) is 8.09.